The first-order valence-electron chi connectivity index (χ1n) is 6.12. The van der Waals surface area contributed by atoms with E-state index >= 15 is 0 Å². The van der Waals surface area contributed by atoms with Crippen LogP contribution in [0.4, 0.5) is 0 Å². The summed E-state index contributed by atoms with van der Waals surface area (Å²) in [7, 11) is 1.71. The molecule has 0 aromatic rings. The monoisotopic (exact) mass is 214 g/mol. The lowest BCUT2D eigenvalue weighted by Gasteiger charge is -2.27. The van der Waals surface area contributed by atoms with Crippen molar-refractivity contribution in [2.24, 2.45) is 11.1 Å². The van der Waals surface area contributed by atoms with Gasteiger partial charge in [-0.1, -0.05) is 13.8 Å². The van der Waals surface area contributed by atoms with Crippen molar-refractivity contribution in [3.8, 4) is 0 Å². The van der Waals surface area contributed by atoms with Gasteiger partial charge in [-0.2, -0.15) is 0 Å². The number of nitrogens with zero attached hydrogens (tertiary/aromatic N) is 1. The third-order valence-corrected chi connectivity index (χ3v) is 3.89. The number of ether oxygens (including phenoxy) is 1. The third kappa shape index (κ3) is 3.44. The first-order valence-corrected chi connectivity index (χ1v) is 6.12. The van der Waals surface area contributed by atoms with Gasteiger partial charge in [0.1, 0.15) is 0 Å². The van der Waals surface area contributed by atoms with E-state index in [2.05, 4.69) is 18.7 Å². The van der Waals surface area contributed by atoms with Gasteiger partial charge in [-0.15, -0.1) is 0 Å². The van der Waals surface area contributed by atoms with Crippen molar-refractivity contribution in [1.82, 2.24) is 4.90 Å². The van der Waals surface area contributed by atoms with Crippen LogP contribution in [0.3, 0.4) is 0 Å². The van der Waals surface area contributed by atoms with Crippen molar-refractivity contribution in [2.75, 3.05) is 33.4 Å². The summed E-state index contributed by atoms with van der Waals surface area (Å²) in [5, 5.41) is 0. The molecule has 90 valence electrons. The smallest absolute Gasteiger partial charge is 0.0626 e. The van der Waals surface area contributed by atoms with Crippen molar-refractivity contribution in [2.45, 2.75) is 39.2 Å². The second-order valence-electron chi connectivity index (χ2n) is 4.91. The maximum Gasteiger partial charge on any atom is 0.0626 e. The molecule has 0 aromatic carbocycles. The fourth-order valence-electron chi connectivity index (χ4n) is 2.61. The molecule has 0 aliphatic carbocycles. The Bertz CT molecular complexity index is 180. The maximum absolute atomic E-state index is 5.97. The summed E-state index contributed by atoms with van der Waals surface area (Å²) in [6.45, 7) is 8.69. The molecular formula is C12H26N2O. The minimum absolute atomic E-state index is 0.166. The quantitative estimate of drug-likeness (QED) is 0.728. The van der Waals surface area contributed by atoms with Gasteiger partial charge in [0.2, 0.25) is 0 Å². The summed E-state index contributed by atoms with van der Waals surface area (Å²) in [6.07, 6.45) is 3.92. The van der Waals surface area contributed by atoms with Crippen molar-refractivity contribution < 1.29 is 4.74 Å². The van der Waals surface area contributed by atoms with Crippen LogP contribution in [0.1, 0.15) is 33.1 Å². The molecule has 1 aliphatic heterocycles. The molecular weight excluding hydrogens is 188 g/mol. The average molecular weight is 214 g/mol. The summed E-state index contributed by atoms with van der Waals surface area (Å²) in [6, 6.07) is 0.166. The van der Waals surface area contributed by atoms with Crippen LogP contribution in [0.25, 0.3) is 0 Å². The molecule has 0 radical (unpaired) electrons. The van der Waals surface area contributed by atoms with E-state index in [0.717, 1.165) is 6.54 Å². The number of nitrogens with two attached hydrogens (primary N) is 1. The molecule has 0 spiro atoms. The first kappa shape index (κ1) is 12.9. The van der Waals surface area contributed by atoms with Gasteiger partial charge in [0.25, 0.3) is 0 Å². The lowest BCUT2D eigenvalue weighted by Crippen LogP contribution is -2.40. The summed E-state index contributed by atoms with van der Waals surface area (Å²) >= 11 is 0. The lowest BCUT2D eigenvalue weighted by molar-refractivity contribution is 0.154. The molecule has 15 heavy (non-hydrogen) atoms. The molecule has 1 atom stereocenters. The van der Waals surface area contributed by atoms with Gasteiger partial charge >= 0.3 is 0 Å². The van der Waals surface area contributed by atoms with Gasteiger partial charge in [-0.05, 0) is 31.2 Å². The van der Waals surface area contributed by atoms with Crippen LogP contribution < -0.4 is 5.73 Å². The second kappa shape index (κ2) is 5.83. The van der Waals surface area contributed by atoms with Crippen LogP contribution in [0.2, 0.25) is 0 Å². The van der Waals surface area contributed by atoms with Crippen molar-refractivity contribution in [3.63, 3.8) is 0 Å². The topological polar surface area (TPSA) is 38.5 Å². The van der Waals surface area contributed by atoms with Crippen LogP contribution >= 0.6 is 0 Å². The normalized spacial score (nSPS) is 23.2. The largest absolute Gasteiger partial charge is 0.383 e. The molecule has 3 nitrogen and oxygen atoms in total. The van der Waals surface area contributed by atoms with Crippen LogP contribution in [0.5, 0.6) is 0 Å². The Balaban J connectivity index is 2.35. The molecule has 1 unspecified atom stereocenters. The molecule has 0 saturated carbocycles. The van der Waals surface area contributed by atoms with Gasteiger partial charge in [-0.3, -0.25) is 0 Å². The molecule has 0 aromatic heterocycles. The molecule has 3 heteroatoms. The number of hydrogen-bond donors (Lipinski definition) is 1. The molecule has 0 bridgehead atoms. The van der Waals surface area contributed by atoms with E-state index in [1.165, 1.54) is 32.4 Å². The zero-order valence-corrected chi connectivity index (χ0v) is 10.5. The van der Waals surface area contributed by atoms with Crippen molar-refractivity contribution >= 4 is 0 Å². The van der Waals surface area contributed by atoms with E-state index in [-0.39, 0.29) is 6.04 Å². The fraction of sp³-hybridized carbons (Fsp3) is 1.00. The summed E-state index contributed by atoms with van der Waals surface area (Å²) < 4.78 is 5.07. The van der Waals surface area contributed by atoms with E-state index in [1.54, 1.807) is 7.11 Å². The highest BCUT2D eigenvalue weighted by atomic mass is 16.5. The van der Waals surface area contributed by atoms with Gasteiger partial charge in [0, 0.05) is 26.2 Å². The van der Waals surface area contributed by atoms with Crippen LogP contribution in [0, 0.1) is 5.41 Å². The summed E-state index contributed by atoms with van der Waals surface area (Å²) in [5.41, 5.74) is 6.53. The first-order chi connectivity index (χ1) is 7.15. The zero-order chi connectivity index (χ0) is 11.3. The number of hydrogen-bond acceptors (Lipinski definition) is 3. The Hall–Kier alpha value is -0.120. The average Bonchev–Trinajstić information content (AvgIpc) is 2.63. The Morgan fingerprint density at radius 2 is 2.07 bits per heavy atom. The molecule has 1 rings (SSSR count). The van der Waals surface area contributed by atoms with Gasteiger partial charge in [-0.25, -0.2) is 0 Å². The van der Waals surface area contributed by atoms with Crippen LogP contribution in [-0.2, 0) is 4.74 Å². The highest BCUT2D eigenvalue weighted by Gasteiger charge is 2.34. The van der Waals surface area contributed by atoms with E-state index in [1.807, 2.05) is 0 Å². The van der Waals surface area contributed by atoms with E-state index in [4.69, 9.17) is 10.5 Å². The standard InChI is InChI=1S/C12H26N2O/c1-4-12(5-2)6-7-14(10-12)8-11(13)9-15-3/h11H,4-10,13H2,1-3H3. The molecule has 2 N–H and O–H groups in total. The fourth-order valence-corrected chi connectivity index (χ4v) is 2.61. The Labute approximate surface area is 94.0 Å². The van der Waals surface area contributed by atoms with Crippen LogP contribution in [-0.4, -0.2) is 44.3 Å². The van der Waals surface area contributed by atoms with E-state index in [0.29, 0.717) is 12.0 Å². The van der Waals surface area contributed by atoms with Gasteiger partial charge in [0.15, 0.2) is 0 Å². The molecule has 1 heterocycles. The minimum atomic E-state index is 0.166. The van der Waals surface area contributed by atoms with Gasteiger partial charge in [0.05, 0.1) is 6.61 Å². The maximum atomic E-state index is 5.97. The molecule has 0 amide bonds. The predicted molar refractivity (Wildman–Crippen MR) is 63.9 cm³/mol. The van der Waals surface area contributed by atoms with E-state index < -0.39 is 0 Å². The van der Waals surface area contributed by atoms with E-state index in [9.17, 15) is 0 Å². The Kier molecular flexibility index (Phi) is 5.03. The molecule has 1 fully saturated rings. The van der Waals surface area contributed by atoms with Gasteiger partial charge < -0.3 is 15.4 Å². The minimum Gasteiger partial charge on any atom is -0.383 e. The summed E-state index contributed by atoms with van der Waals surface area (Å²) in [4.78, 5) is 2.50. The van der Waals surface area contributed by atoms with Crippen molar-refractivity contribution in [1.29, 1.82) is 0 Å². The summed E-state index contributed by atoms with van der Waals surface area (Å²) in [5.74, 6) is 0. The van der Waals surface area contributed by atoms with Crippen molar-refractivity contribution in [3.05, 3.63) is 0 Å². The molecule has 1 saturated heterocycles. The molecule has 1 aliphatic rings. The predicted octanol–water partition coefficient (Wildman–Crippen LogP) is 1.47. The number of rotatable bonds is 6. The lowest BCUT2D eigenvalue weighted by atomic mass is 9.82. The second-order valence-corrected chi connectivity index (χ2v) is 4.91. The number of likely N-dealkylation sites (tertiary alicyclic amines) is 1. The highest BCUT2D eigenvalue weighted by molar-refractivity contribution is 4.88. The number of methoxy groups -OCH3 is 1. The zero-order valence-electron chi connectivity index (χ0n) is 10.5. The third-order valence-electron chi connectivity index (χ3n) is 3.89. The van der Waals surface area contributed by atoms with Crippen LogP contribution in [0.15, 0.2) is 0 Å². The highest BCUT2D eigenvalue weighted by Crippen LogP contribution is 2.36. The SMILES string of the molecule is CCC1(CC)CCN(CC(N)COC)C1. The Morgan fingerprint density at radius 3 is 2.53 bits per heavy atom. The Morgan fingerprint density at radius 1 is 1.40 bits per heavy atom.